The third-order valence-corrected chi connectivity index (χ3v) is 9.13. The topological polar surface area (TPSA) is 63.6 Å². The highest BCUT2D eigenvalue weighted by Crippen LogP contribution is 2.67. The first-order chi connectivity index (χ1) is 12.6. The van der Waals surface area contributed by atoms with Crippen LogP contribution in [0.2, 0.25) is 0 Å². The lowest BCUT2D eigenvalue weighted by Gasteiger charge is -2.58. The number of ketones is 1. The predicted octanol–water partition coefficient (Wildman–Crippen LogP) is 4.20. The largest absolute Gasteiger partial charge is 0.462 e. The maximum Gasteiger partial charge on any atom is 0.302 e. The van der Waals surface area contributed by atoms with E-state index < -0.39 is 5.60 Å². The Hall–Kier alpha value is -1.16. The Kier molecular flexibility index (Phi) is 4.38. The number of hydrogen-bond donors (Lipinski definition) is 1. The monoisotopic (exact) mass is 374 g/mol. The molecule has 3 saturated carbocycles. The molecule has 0 aromatic heterocycles. The average Bonchev–Trinajstić information content (AvgIpc) is 2.87. The summed E-state index contributed by atoms with van der Waals surface area (Å²) in [5, 5.41) is 11.2. The van der Waals surface area contributed by atoms with E-state index in [1.54, 1.807) is 6.92 Å². The summed E-state index contributed by atoms with van der Waals surface area (Å²) >= 11 is 0. The van der Waals surface area contributed by atoms with Gasteiger partial charge in [-0.2, -0.15) is 0 Å². The minimum absolute atomic E-state index is 0.0292. The summed E-state index contributed by atoms with van der Waals surface area (Å²) in [6.07, 6.45) is 9.96. The second kappa shape index (κ2) is 6.17. The summed E-state index contributed by atoms with van der Waals surface area (Å²) in [5.41, 5.74) is 0.235. The van der Waals surface area contributed by atoms with Gasteiger partial charge in [-0.15, -0.1) is 0 Å². The fraction of sp³-hybridized carbons (Fsp3) is 0.826. The molecule has 4 rings (SSSR count). The zero-order chi connectivity index (χ0) is 19.6. The molecule has 1 N–H and O–H groups in total. The van der Waals surface area contributed by atoms with Crippen LogP contribution in [0.25, 0.3) is 0 Å². The van der Waals surface area contributed by atoms with Crippen LogP contribution >= 0.6 is 0 Å². The molecule has 0 amide bonds. The minimum atomic E-state index is -1.14. The molecule has 4 nitrogen and oxygen atoms in total. The van der Waals surface area contributed by atoms with Crippen molar-refractivity contribution < 1.29 is 19.4 Å². The van der Waals surface area contributed by atoms with Crippen LogP contribution in [0.1, 0.15) is 79.1 Å². The number of ether oxygens (including phenoxy) is 1. The van der Waals surface area contributed by atoms with Crippen molar-refractivity contribution in [2.24, 2.45) is 28.6 Å². The zero-order valence-corrected chi connectivity index (χ0v) is 17.2. The molecule has 0 saturated heterocycles. The van der Waals surface area contributed by atoms with Crippen molar-refractivity contribution in [2.75, 3.05) is 0 Å². The van der Waals surface area contributed by atoms with Crippen LogP contribution in [0.3, 0.4) is 0 Å². The van der Waals surface area contributed by atoms with E-state index in [-0.39, 0.29) is 28.7 Å². The summed E-state index contributed by atoms with van der Waals surface area (Å²) in [6.45, 7) is 7.64. The normalized spacial score (nSPS) is 48.7. The molecule has 0 heterocycles. The molecule has 27 heavy (non-hydrogen) atoms. The smallest absolute Gasteiger partial charge is 0.302 e. The van der Waals surface area contributed by atoms with Crippen LogP contribution in [-0.2, 0) is 14.3 Å². The number of allylic oxidation sites excluding steroid dienone is 1. The first-order valence-electron chi connectivity index (χ1n) is 10.7. The number of aliphatic hydroxyl groups is 1. The quantitative estimate of drug-likeness (QED) is 0.581. The fourth-order valence-corrected chi connectivity index (χ4v) is 7.56. The molecule has 0 aliphatic heterocycles. The van der Waals surface area contributed by atoms with Gasteiger partial charge in [0.05, 0.1) is 0 Å². The molecule has 0 bridgehead atoms. The third kappa shape index (κ3) is 2.58. The van der Waals surface area contributed by atoms with Gasteiger partial charge in [0.15, 0.2) is 5.78 Å². The molecule has 0 unspecified atom stereocenters. The third-order valence-electron chi connectivity index (χ3n) is 9.13. The van der Waals surface area contributed by atoms with Gasteiger partial charge in [0, 0.05) is 18.8 Å². The fourth-order valence-electron chi connectivity index (χ4n) is 7.56. The van der Waals surface area contributed by atoms with Gasteiger partial charge in [0.1, 0.15) is 11.7 Å². The molecule has 0 spiro atoms. The molecule has 4 aliphatic rings. The van der Waals surface area contributed by atoms with Crippen molar-refractivity contribution in [1.82, 2.24) is 0 Å². The average molecular weight is 375 g/mol. The van der Waals surface area contributed by atoms with Crippen LogP contribution < -0.4 is 0 Å². The second-order valence-corrected chi connectivity index (χ2v) is 10.1. The highest BCUT2D eigenvalue weighted by atomic mass is 16.5. The van der Waals surface area contributed by atoms with E-state index >= 15 is 0 Å². The number of esters is 1. The lowest BCUT2D eigenvalue weighted by molar-refractivity contribution is -0.160. The Bertz CT molecular complexity index is 696. The van der Waals surface area contributed by atoms with Crippen LogP contribution in [0.4, 0.5) is 0 Å². The number of Topliss-reactive ketones (excluding diaryl/α,β-unsaturated/α-hetero) is 1. The van der Waals surface area contributed by atoms with Crippen molar-refractivity contribution in [3.63, 3.8) is 0 Å². The first kappa shape index (κ1) is 19.2. The Morgan fingerprint density at radius 3 is 2.44 bits per heavy atom. The van der Waals surface area contributed by atoms with E-state index in [0.717, 1.165) is 44.9 Å². The minimum Gasteiger partial charge on any atom is -0.462 e. The van der Waals surface area contributed by atoms with Crippen molar-refractivity contribution in [1.29, 1.82) is 0 Å². The van der Waals surface area contributed by atoms with E-state index in [4.69, 9.17) is 4.74 Å². The first-order valence-corrected chi connectivity index (χ1v) is 10.7. The number of rotatable bonds is 2. The Morgan fingerprint density at radius 1 is 1.07 bits per heavy atom. The second-order valence-electron chi connectivity index (χ2n) is 10.1. The van der Waals surface area contributed by atoms with Gasteiger partial charge in [-0.1, -0.05) is 25.5 Å². The number of fused-ring (bicyclic) bond motifs is 5. The highest BCUT2D eigenvalue weighted by Gasteiger charge is 2.65. The molecule has 150 valence electrons. The summed E-state index contributed by atoms with van der Waals surface area (Å²) in [4.78, 5) is 23.7. The van der Waals surface area contributed by atoms with E-state index in [1.165, 1.54) is 12.5 Å². The van der Waals surface area contributed by atoms with Crippen molar-refractivity contribution in [3.05, 3.63) is 11.6 Å². The predicted molar refractivity (Wildman–Crippen MR) is 103 cm³/mol. The van der Waals surface area contributed by atoms with Gasteiger partial charge in [-0.05, 0) is 75.0 Å². The van der Waals surface area contributed by atoms with Crippen LogP contribution in [0.15, 0.2) is 11.6 Å². The molecule has 3 fully saturated rings. The molecule has 4 heteroatoms. The number of carbonyl (C=O) groups excluding carboxylic acids is 2. The number of carbonyl (C=O) groups is 2. The van der Waals surface area contributed by atoms with Gasteiger partial charge < -0.3 is 9.84 Å². The maximum absolute atomic E-state index is 12.3. The zero-order valence-electron chi connectivity index (χ0n) is 17.2. The van der Waals surface area contributed by atoms with E-state index in [0.29, 0.717) is 24.2 Å². The van der Waals surface area contributed by atoms with Crippen LogP contribution in [-0.4, -0.2) is 28.6 Å². The summed E-state index contributed by atoms with van der Waals surface area (Å²) in [5.74, 6) is 1.36. The van der Waals surface area contributed by atoms with Crippen molar-refractivity contribution in [2.45, 2.75) is 90.8 Å². The Labute approximate surface area is 162 Å². The van der Waals surface area contributed by atoms with Crippen LogP contribution in [0.5, 0.6) is 0 Å². The molecular formula is C23H34O4. The highest BCUT2D eigenvalue weighted by molar-refractivity contribution is 5.86. The van der Waals surface area contributed by atoms with Gasteiger partial charge in [-0.3, -0.25) is 9.59 Å². The van der Waals surface area contributed by atoms with Gasteiger partial charge in [0.2, 0.25) is 0 Å². The number of hydrogen-bond acceptors (Lipinski definition) is 4. The molecule has 7 atom stereocenters. The van der Waals surface area contributed by atoms with E-state index in [9.17, 15) is 14.7 Å². The molecular weight excluding hydrogens is 340 g/mol. The SMILES string of the molecule is CC(=O)O[C@@H]1CC[C@@]2(C)C(=CC[C@@H]3[C@@H]2CC[C@@]2(C)[C@H]3CC[C@]2(O)C(C)=O)C1. The van der Waals surface area contributed by atoms with Crippen molar-refractivity contribution >= 4 is 11.8 Å². The van der Waals surface area contributed by atoms with Gasteiger partial charge in [0.25, 0.3) is 0 Å². The van der Waals surface area contributed by atoms with Crippen molar-refractivity contribution in [3.8, 4) is 0 Å². The Morgan fingerprint density at radius 2 is 1.78 bits per heavy atom. The van der Waals surface area contributed by atoms with E-state index in [1.807, 2.05) is 0 Å². The maximum atomic E-state index is 12.3. The Balaban J connectivity index is 1.61. The summed E-state index contributed by atoms with van der Waals surface area (Å²) < 4.78 is 5.51. The van der Waals surface area contributed by atoms with Gasteiger partial charge in [-0.25, -0.2) is 0 Å². The summed E-state index contributed by atoms with van der Waals surface area (Å²) in [7, 11) is 0. The van der Waals surface area contributed by atoms with Gasteiger partial charge >= 0.3 is 5.97 Å². The molecule has 4 aliphatic carbocycles. The lowest BCUT2D eigenvalue weighted by atomic mass is 9.47. The molecule has 0 aromatic rings. The van der Waals surface area contributed by atoms with Crippen LogP contribution in [0, 0.1) is 28.6 Å². The standard InChI is InChI=1S/C23H34O4/c1-14(24)23(26)12-9-20-18-6-5-16-13-17(27-15(2)25)7-10-21(16,3)19(18)8-11-22(20,23)4/h5,17-20,26H,6-13H2,1-4H3/t17-,18-,19+,20+,21+,22+,23+/m1/s1. The van der Waals surface area contributed by atoms with E-state index in [2.05, 4.69) is 19.9 Å². The molecule has 0 aromatic carbocycles. The summed E-state index contributed by atoms with van der Waals surface area (Å²) in [6, 6.07) is 0. The molecule has 0 radical (unpaired) electrons. The lowest BCUT2D eigenvalue weighted by Crippen LogP contribution is -2.57.